The Morgan fingerprint density at radius 3 is 2.64 bits per heavy atom. The summed E-state index contributed by atoms with van der Waals surface area (Å²) in [4.78, 5) is 12.1. The van der Waals surface area contributed by atoms with Gasteiger partial charge in [0.15, 0.2) is 11.5 Å². The van der Waals surface area contributed by atoms with Crippen molar-refractivity contribution in [1.29, 1.82) is 0 Å². The van der Waals surface area contributed by atoms with E-state index in [1.165, 1.54) is 19.2 Å². The van der Waals surface area contributed by atoms with Gasteiger partial charge in [0, 0.05) is 12.1 Å². The summed E-state index contributed by atoms with van der Waals surface area (Å²) in [6.07, 6.45) is 0. The number of hydrogen-bond acceptors (Lipinski definition) is 3. The molecule has 0 radical (unpaired) electrons. The summed E-state index contributed by atoms with van der Waals surface area (Å²) < 4.78 is 23.5. The Hall–Kier alpha value is -2.27. The molecule has 1 N–H and O–H groups in total. The standard InChI is InChI=1S/C16H15ClFNO3/c1-21-14-5-3-4-10(15(14)22-2)9-19-16(20)12-7-6-11(18)8-13(12)17/h3-8H,9H2,1-2H3,(H,19,20). The summed E-state index contributed by atoms with van der Waals surface area (Å²) >= 11 is 5.87. The van der Waals surface area contributed by atoms with Crippen molar-refractivity contribution in [2.45, 2.75) is 6.54 Å². The van der Waals surface area contributed by atoms with Crippen LogP contribution in [0.1, 0.15) is 15.9 Å². The molecule has 0 aliphatic carbocycles. The van der Waals surface area contributed by atoms with E-state index < -0.39 is 11.7 Å². The molecule has 6 heteroatoms. The van der Waals surface area contributed by atoms with Crippen LogP contribution < -0.4 is 14.8 Å². The van der Waals surface area contributed by atoms with Crippen LogP contribution in [0.25, 0.3) is 0 Å². The van der Waals surface area contributed by atoms with Gasteiger partial charge >= 0.3 is 0 Å². The Morgan fingerprint density at radius 2 is 2.00 bits per heavy atom. The second kappa shape index (κ2) is 7.13. The molecule has 0 aliphatic rings. The minimum absolute atomic E-state index is 0.0649. The zero-order chi connectivity index (χ0) is 16.1. The SMILES string of the molecule is COc1cccc(CNC(=O)c2ccc(F)cc2Cl)c1OC. The third-order valence-electron chi connectivity index (χ3n) is 3.10. The third-order valence-corrected chi connectivity index (χ3v) is 3.41. The Balaban J connectivity index is 2.14. The number of rotatable bonds is 5. The summed E-state index contributed by atoms with van der Waals surface area (Å²) in [7, 11) is 3.07. The lowest BCUT2D eigenvalue weighted by atomic mass is 10.1. The second-order valence-electron chi connectivity index (χ2n) is 4.46. The van der Waals surface area contributed by atoms with Crippen LogP contribution in [0.4, 0.5) is 4.39 Å². The van der Waals surface area contributed by atoms with E-state index in [1.807, 2.05) is 6.07 Å². The van der Waals surface area contributed by atoms with Gasteiger partial charge in [-0.15, -0.1) is 0 Å². The van der Waals surface area contributed by atoms with Gasteiger partial charge in [0.2, 0.25) is 0 Å². The molecule has 2 aromatic rings. The van der Waals surface area contributed by atoms with Crippen LogP contribution in [-0.2, 0) is 6.54 Å². The fraction of sp³-hybridized carbons (Fsp3) is 0.188. The predicted octanol–water partition coefficient (Wildman–Crippen LogP) is 3.43. The molecule has 0 fully saturated rings. The number of nitrogens with one attached hydrogen (secondary N) is 1. The molecule has 2 rings (SSSR count). The van der Waals surface area contributed by atoms with Gasteiger partial charge in [-0.1, -0.05) is 23.7 Å². The third kappa shape index (κ3) is 3.49. The first kappa shape index (κ1) is 16.1. The van der Waals surface area contributed by atoms with E-state index in [9.17, 15) is 9.18 Å². The summed E-state index contributed by atoms with van der Waals surface area (Å²) in [5, 5.41) is 2.79. The zero-order valence-corrected chi connectivity index (χ0v) is 12.9. The Kier molecular flexibility index (Phi) is 5.22. The Morgan fingerprint density at radius 1 is 1.23 bits per heavy atom. The van der Waals surface area contributed by atoms with Crippen molar-refractivity contribution in [3.63, 3.8) is 0 Å². The zero-order valence-electron chi connectivity index (χ0n) is 12.2. The second-order valence-corrected chi connectivity index (χ2v) is 4.87. The van der Waals surface area contributed by atoms with Gasteiger partial charge in [-0.25, -0.2) is 4.39 Å². The number of benzene rings is 2. The summed E-state index contributed by atoms with van der Waals surface area (Å²) in [5.41, 5.74) is 0.971. The van der Waals surface area contributed by atoms with Gasteiger partial charge in [-0.3, -0.25) is 4.79 Å². The van der Waals surface area contributed by atoms with Gasteiger partial charge in [-0.2, -0.15) is 0 Å². The molecule has 0 spiro atoms. The van der Waals surface area contributed by atoms with Gasteiger partial charge in [0.1, 0.15) is 5.82 Å². The number of carbonyl (C=O) groups is 1. The maximum absolute atomic E-state index is 13.0. The largest absolute Gasteiger partial charge is 0.493 e. The average Bonchev–Trinajstić information content (AvgIpc) is 2.51. The van der Waals surface area contributed by atoms with Crippen molar-refractivity contribution in [3.05, 3.63) is 58.4 Å². The number of hydrogen-bond donors (Lipinski definition) is 1. The van der Waals surface area contributed by atoms with Crippen LogP contribution in [-0.4, -0.2) is 20.1 Å². The molecular weight excluding hydrogens is 309 g/mol. The summed E-state index contributed by atoms with van der Waals surface area (Å²) in [5.74, 6) is 0.246. The van der Waals surface area contributed by atoms with Crippen LogP contribution in [0.5, 0.6) is 11.5 Å². The summed E-state index contributed by atoms with van der Waals surface area (Å²) in [6.45, 7) is 0.229. The Labute approximate surface area is 132 Å². The number of halogens is 2. The van der Waals surface area contributed by atoms with Crippen LogP contribution in [0.15, 0.2) is 36.4 Å². The van der Waals surface area contributed by atoms with Gasteiger partial charge in [0.25, 0.3) is 5.91 Å². The van der Waals surface area contributed by atoms with Crippen molar-refractivity contribution < 1.29 is 18.7 Å². The van der Waals surface area contributed by atoms with Crippen LogP contribution in [0.2, 0.25) is 5.02 Å². The molecule has 0 heterocycles. The molecule has 0 aromatic heterocycles. The van der Waals surface area contributed by atoms with Gasteiger partial charge < -0.3 is 14.8 Å². The van der Waals surface area contributed by atoms with E-state index in [-0.39, 0.29) is 17.1 Å². The minimum Gasteiger partial charge on any atom is -0.493 e. The lowest BCUT2D eigenvalue weighted by Gasteiger charge is -2.13. The first-order chi connectivity index (χ1) is 10.6. The van der Waals surface area contributed by atoms with Crippen molar-refractivity contribution in [3.8, 4) is 11.5 Å². The van der Waals surface area contributed by atoms with Gasteiger partial charge in [0.05, 0.1) is 24.8 Å². The quantitative estimate of drug-likeness (QED) is 0.917. The number of methoxy groups -OCH3 is 2. The fourth-order valence-corrected chi connectivity index (χ4v) is 2.29. The molecule has 0 saturated heterocycles. The van der Waals surface area contributed by atoms with E-state index in [0.29, 0.717) is 11.5 Å². The molecule has 2 aromatic carbocycles. The van der Waals surface area contributed by atoms with Crippen LogP contribution >= 0.6 is 11.6 Å². The lowest BCUT2D eigenvalue weighted by molar-refractivity contribution is 0.0950. The molecule has 0 bridgehead atoms. The molecule has 1 amide bonds. The fourth-order valence-electron chi connectivity index (χ4n) is 2.04. The van der Waals surface area contributed by atoms with E-state index in [2.05, 4.69) is 5.32 Å². The molecular formula is C16H15ClFNO3. The van der Waals surface area contributed by atoms with E-state index in [4.69, 9.17) is 21.1 Å². The number of carbonyl (C=O) groups excluding carboxylic acids is 1. The molecule has 0 unspecified atom stereocenters. The van der Waals surface area contributed by atoms with Crippen molar-refractivity contribution >= 4 is 17.5 Å². The monoisotopic (exact) mass is 323 g/mol. The van der Waals surface area contributed by atoms with Crippen molar-refractivity contribution in [2.24, 2.45) is 0 Å². The highest BCUT2D eigenvalue weighted by Crippen LogP contribution is 2.30. The lowest BCUT2D eigenvalue weighted by Crippen LogP contribution is -2.23. The highest BCUT2D eigenvalue weighted by Gasteiger charge is 2.13. The molecule has 4 nitrogen and oxygen atoms in total. The predicted molar refractivity (Wildman–Crippen MR) is 82.1 cm³/mol. The molecule has 116 valence electrons. The molecule has 0 atom stereocenters. The first-order valence-electron chi connectivity index (χ1n) is 6.50. The average molecular weight is 324 g/mol. The van der Waals surface area contributed by atoms with E-state index in [1.54, 1.807) is 19.2 Å². The Bertz CT molecular complexity index is 691. The summed E-state index contributed by atoms with van der Waals surface area (Å²) in [6, 6.07) is 9.01. The van der Waals surface area contributed by atoms with E-state index >= 15 is 0 Å². The highest BCUT2D eigenvalue weighted by atomic mass is 35.5. The number of ether oxygens (including phenoxy) is 2. The van der Waals surface area contributed by atoms with Crippen molar-refractivity contribution in [1.82, 2.24) is 5.32 Å². The molecule has 0 aliphatic heterocycles. The smallest absolute Gasteiger partial charge is 0.253 e. The van der Waals surface area contributed by atoms with Crippen LogP contribution in [0, 0.1) is 5.82 Å². The van der Waals surface area contributed by atoms with Gasteiger partial charge in [-0.05, 0) is 24.3 Å². The number of amides is 1. The topological polar surface area (TPSA) is 47.6 Å². The highest BCUT2D eigenvalue weighted by molar-refractivity contribution is 6.33. The maximum atomic E-state index is 13.0. The number of para-hydroxylation sites is 1. The normalized spacial score (nSPS) is 10.2. The van der Waals surface area contributed by atoms with E-state index in [0.717, 1.165) is 11.6 Å². The minimum atomic E-state index is -0.490. The molecule has 0 saturated carbocycles. The molecule has 22 heavy (non-hydrogen) atoms. The first-order valence-corrected chi connectivity index (χ1v) is 6.87. The maximum Gasteiger partial charge on any atom is 0.253 e. The van der Waals surface area contributed by atoms with Crippen LogP contribution in [0.3, 0.4) is 0 Å². The van der Waals surface area contributed by atoms with Crippen molar-refractivity contribution in [2.75, 3.05) is 14.2 Å².